The number of amides is 3. The molecule has 2 aliphatic rings. The third-order valence-corrected chi connectivity index (χ3v) is 5.10. The van der Waals surface area contributed by atoms with E-state index in [9.17, 15) is 22.8 Å². The van der Waals surface area contributed by atoms with E-state index < -0.39 is 17.8 Å². The smallest absolute Gasteiger partial charge is 0.338 e. The van der Waals surface area contributed by atoms with Crippen LogP contribution in [0.2, 0.25) is 0 Å². The number of benzene rings is 2. The number of likely N-dealkylation sites (tertiary alicyclic amines) is 1. The molecular weight excluding hydrogens is 395 g/mol. The normalized spacial score (nSPS) is 15.9. The number of rotatable bonds is 3. The van der Waals surface area contributed by atoms with Gasteiger partial charge in [-0.15, -0.1) is 0 Å². The highest BCUT2D eigenvalue weighted by atomic mass is 19.4. The molecule has 2 aromatic rings. The maximum atomic E-state index is 12.8. The molecule has 0 saturated heterocycles. The predicted octanol–water partition coefficient (Wildman–Crippen LogP) is 5.10. The molecule has 1 heterocycles. The van der Waals surface area contributed by atoms with E-state index >= 15 is 0 Å². The van der Waals surface area contributed by atoms with Gasteiger partial charge < -0.3 is 15.5 Å². The molecule has 3 amide bonds. The maximum absolute atomic E-state index is 12.8. The Labute approximate surface area is 171 Å². The minimum atomic E-state index is -4.43. The topological polar surface area (TPSA) is 61.4 Å². The van der Waals surface area contributed by atoms with Gasteiger partial charge in [0.1, 0.15) is 0 Å². The summed E-state index contributed by atoms with van der Waals surface area (Å²) in [4.78, 5) is 26.8. The van der Waals surface area contributed by atoms with Crippen molar-refractivity contribution in [2.45, 2.75) is 19.0 Å². The summed E-state index contributed by atoms with van der Waals surface area (Å²) in [6, 6.07) is 10.1. The summed E-state index contributed by atoms with van der Waals surface area (Å²) in [6.45, 7) is 1.33. The lowest BCUT2D eigenvalue weighted by molar-refractivity contribution is -0.137. The van der Waals surface area contributed by atoms with Crippen molar-refractivity contribution in [3.63, 3.8) is 0 Å². The SMILES string of the molecule is O=C(Nc1ccc(C(F)(F)F)cc1)Nc1cccc(C(=O)N2CCC3=C([CH]3)CC2)c1. The molecule has 0 unspecified atom stereocenters. The zero-order valence-electron chi connectivity index (χ0n) is 15.9. The van der Waals surface area contributed by atoms with Gasteiger partial charge >= 0.3 is 12.2 Å². The number of anilines is 2. The number of nitrogens with one attached hydrogen (secondary N) is 2. The van der Waals surface area contributed by atoms with Crippen LogP contribution in [0.15, 0.2) is 59.7 Å². The van der Waals surface area contributed by atoms with Crippen molar-refractivity contribution in [1.82, 2.24) is 4.90 Å². The number of carbonyl (C=O) groups is 2. The van der Waals surface area contributed by atoms with Gasteiger partial charge in [-0.1, -0.05) is 17.2 Å². The van der Waals surface area contributed by atoms with Crippen molar-refractivity contribution < 1.29 is 22.8 Å². The molecule has 4 rings (SSSR count). The fourth-order valence-electron chi connectivity index (χ4n) is 3.41. The number of nitrogens with zero attached hydrogens (tertiary/aromatic N) is 1. The van der Waals surface area contributed by atoms with Gasteiger partial charge in [-0.3, -0.25) is 4.79 Å². The lowest BCUT2D eigenvalue weighted by Crippen LogP contribution is -2.32. The van der Waals surface area contributed by atoms with E-state index in [1.165, 1.54) is 23.3 Å². The number of alkyl halides is 3. The molecule has 0 aromatic heterocycles. The van der Waals surface area contributed by atoms with Crippen molar-refractivity contribution in [3.8, 4) is 0 Å². The highest BCUT2D eigenvalue weighted by Gasteiger charge is 2.30. The molecule has 0 spiro atoms. The third kappa shape index (κ3) is 4.64. The number of hydrogen-bond donors (Lipinski definition) is 2. The van der Waals surface area contributed by atoms with Crippen LogP contribution in [0.25, 0.3) is 0 Å². The molecule has 155 valence electrons. The molecule has 0 fully saturated rings. The van der Waals surface area contributed by atoms with Crippen molar-refractivity contribution in [2.24, 2.45) is 0 Å². The Morgan fingerprint density at radius 3 is 2.13 bits per heavy atom. The first-order valence-corrected chi connectivity index (χ1v) is 9.51. The first-order valence-electron chi connectivity index (χ1n) is 9.51. The number of carbonyl (C=O) groups excluding carboxylic acids is 2. The average molecular weight is 414 g/mol. The molecule has 2 aromatic carbocycles. The van der Waals surface area contributed by atoms with Crippen LogP contribution in [0, 0.1) is 6.42 Å². The van der Waals surface area contributed by atoms with Gasteiger partial charge in [0, 0.05) is 36.4 Å². The van der Waals surface area contributed by atoms with Crippen LogP contribution in [0.3, 0.4) is 0 Å². The van der Waals surface area contributed by atoms with Crippen molar-refractivity contribution in [3.05, 3.63) is 77.2 Å². The van der Waals surface area contributed by atoms with Gasteiger partial charge in [0.15, 0.2) is 0 Å². The summed E-state index contributed by atoms with van der Waals surface area (Å²) in [5.41, 5.74) is 3.01. The van der Waals surface area contributed by atoms with Crippen molar-refractivity contribution >= 4 is 23.3 Å². The Morgan fingerprint density at radius 2 is 1.50 bits per heavy atom. The summed E-state index contributed by atoms with van der Waals surface area (Å²) in [6.07, 6.45) is -0.526. The van der Waals surface area contributed by atoms with Gasteiger partial charge in [-0.25, -0.2) is 4.79 Å². The molecule has 0 atom stereocenters. The predicted molar refractivity (Wildman–Crippen MR) is 107 cm³/mol. The van der Waals surface area contributed by atoms with E-state index in [0.29, 0.717) is 24.3 Å². The van der Waals surface area contributed by atoms with Gasteiger partial charge in [0.25, 0.3) is 5.91 Å². The highest BCUT2D eigenvalue weighted by molar-refractivity contribution is 6.01. The monoisotopic (exact) mass is 414 g/mol. The fraction of sp³-hybridized carbons (Fsp3) is 0.227. The van der Waals surface area contributed by atoms with Crippen LogP contribution in [0.4, 0.5) is 29.3 Å². The number of hydrogen-bond acceptors (Lipinski definition) is 2. The van der Waals surface area contributed by atoms with E-state index in [-0.39, 0.29) is 11.6 Å². The third-order valence-electron chi connectivity index (χ3n) is 5.10. The standard InChI is InChI=1S/C22H19F3N3O2/c23-22(24,25)17-4-6-18(7-5-17)26-21(30)27-19-3-1-2-16(13-19)20(29)28-10-8-14-12-15(14)9-11-28/h1-7,12-13H,8-11H2,(H2,26,27,30). The van der Waals surface area contributed by atoms with E-state index in [4.69, 9.17) is 0 Å². The van der Waals surface area contributed by atoms with Gasteiger partial charge in [0.2, 0.25) is 0 Å². The second kappa shape index (κ2) is 7.85. The molecule has 1 aliphatic carbocycles. The molecular formula is C22H19F3N3O2. The van der Waals surface area contributed by atoms with E-state index in [1.807, 2.05) is 0 Å². The Kier molecular flexibility index (Phi) is 5.24. The number of urea groups is 1. The second-order valence-electron chi connectivity index (χ2n) is 7.22. The summed E-state index contributed by atoms with van der Waals surface area (Å²) in [7, 11) is 0. The molecule has 0 bridgehead atoms. The first-order chi connectivity index (χ1) is 14.3. The molecule has 8 heteroatoms. The summed E-state index contributed by atoms with van der Waals surface area (Å²) >= 11 is 0. The van der Waals surface area contributed by atoms with Crippen LogP contribution in [-0.2, 0) is 6.18 Å². The fourth-order valence-corrected chi connectivity index (χ4v) is 3.41. The quantitative estimate of drug-likeness (QED) is 0.734. The maximum Gasteiger partial charge on any atom is 0.416 e. The number of halogens is 3. The Balaban J connectivity index is 1.36. The van der Waals surface area contributed by atoms with Gasteiger partial charge in [-0.05, 0) is 55.3 Å². The minimum Gasteiger partial charge on any atom is -0.338 e. The van der Waals surface area contributed by atoms with Crippen LogP contribution < -0.4 is 10.6 Å². The Hall–Kier alpha value is -3.29. The molecule has 0 saturated carbocycles. The molecule has 30 heavy (non-hydrogen) atoms. The Morgan fingerprint density at radius 1 is 0.867 bits per heavy atom. The van der Waals surface area contributed by atoms with Gasteiger partial charge in [-0.2, -0.15) is 13.2 Å². The van der Waals surface area contributed by atoms with E-state index in [2.05, 4.69) is 17.1 Å². The molecule has 2 N–H and O–H groups in total. The lowest BCUT2D eigenvalue weighted by atomic mass is 10.1. The van der Waals surface area contributed by atoms with E-state index in [0.717, 1.165) is 25.0 Å². The van der Waals surface area contributed by atoms with Crippen LogP contribution >= 0.6 is 0 Å². The summed E-state index contributed by atoms with van der Waals surface area (Å²) in [5.74, 6) is -0.0932. The van der Waals surface area contributed by atoms with Crippen molar-refractivity contribution in [1.29, 1.82) is 0 Å². The lowest BCUT2D eigenvalue weighted by Gasteiger charge is -2.21. The van der Waals surface area contributed by atoms with E-state index in [1.54, 1.807) is 29.2 Å². The minimum absolute atomic E-state index is 0.0932. The van der Waals surface area contributed by atoms with Gasteiger partial charge in [0.05, 0.1) is 5.56 Å². The highest BCUT2D eigenvalue weighted by Crippen LogP contribution is 2.37. The average Bonchev–Trinajstić information content (AvgIpc) is 3.47. The Bertz CT molecular complexity index is 997. The van der Waals surface area contributed by atoms with Crippen molar-refractivity contribution in [2.75, 3.05) is 23.7 Å². The van der Waals surface area contributed by atoms with Crippen LogP contribution in [-0.4, -0.2) is 29.9 Å². The summed E-state index contributed by atoms with van der Waals surface area (Å²) in [5, 5.41) is 5.08. The molecule has 1 radical (unpaired) electrons. The zero-order valence-corrected chi connectivity index (χ0v) is 15.9. The van der Waals surface area contributed by atoms with Crippen LogP contribution in [0.5, 0.6) is 0 Å². The first kappa shape index (κ1) is 20.0. The largest absolute Gasteiger partial charge is 0.416 e. The molecule has 1 aliphatic heterocycles. The zero-order chi connectivity index (χ0) is 21.3. The summed E-state index contributed by atoms with van der Waals surface area (Å²) < 4.78 is 37.8. The van der Waals surface area contributed by atoms with Crippen LogP contribution in [0.1, 0.15) is 28.8 Å². The second-order valence-corrected chi connectivity index (χ2v) is 7.22. The molecule has 5 nitrogen and oxygen atoms in total.